The number of pyridine rings is 1. The van der Waals surface area contributed by atoms with E-state index in [-0.39, 0.29) is 33.3 Å². The second kappa shape index (κ2) is 8.73. The quantitative estimate of drug-likeness (QED) is 0.634. The number of aromatic nitrogens is 2. The average Bonchev–Trinajstić information content (AvgIpc) is 2.95. The van der Waals surface area contributed by atoms with Crippen molar-refractivity contribution in [3.8, 4) is 0 Å². The molecule has 0 radical (unpaired) electrons. The van der Waals surface area contributed by atoms with E-state index < -0.39 is 16.8 Å². The molecule has 1 aliphatic heterocycles. The summed E-state index contributed by atoms with van der Waals surface area (Å²) < 4.78 is 11.8. The van der Waals surface area contributed by atoms with E-state index >= 15 is 0 Å². The molecule has 2 aromatic rings. The van der Waals surface area contributed by atoms with Crippen LogP contribution >= 0.6 is 23.2 Å². The molecule has 1 fully saturated rings. The van der Waals surface area contributed by atoms with Crippen molar-refractivity contribution in [1.29, 1.82) is 0 Å². The van der Waals surface area contributed by atoms with Crippen LogP contribution in [0.5, 0.6) is 0 Å². The maximum absolute atomic E-state index is 12.5. The van der Waals surface area contributed by atoms with Gasteiger partial charge in [-0.2, -0.15) is 0 Å². The Morgan fingerprint density at radius 2 is 1.93 bits per heavy atom. The van der Waals surface area contributed by atoms with Crippen LogP contribution in [0.2, 0.25) is 10.0 Å². The number of hydrogen-bond acceptors (Lipinski definition) is 5. The van der Waals surface area contributed by atoms with Crippen LogP contribution in [0, 0.1) is 6.92 Å². The van der Waals surface area contributed by atoms with Crippen LogP contribution in [0.25, 0.3) is 0 Å². The molecule has 3 N–H and O–H groups in total. The van der Waals surface area contributed by atoms with Gasteiger partial charge in [-0.1, -0.05) is 23.2 Å². The van der Waals surface area contributed by atoms with E-state index in [1.54, 1.807) is 6.92 Å². The molecule has 156 valence electrons. The van der Waals surface area contributed by atoms with Gasteiger partial charge in [0.05, 0.1) is 26.4 Å². The summed E-state index contributed by atoms with van der Waals surface area (Å²) in [5.41, 5.74) is 0.914. The number of halogens is 2. The zero-order valence-electron chi connectivity index (χ0n) is 15.8. The Labute approximate surface area is 180 Å². The Kier molecular flexibility index (Phi) is 6.50. The molecule has 3 rings (SSSR count). The SMILES string of the molecule is Cc1[nH]c(C(=O)NC2CCN(c3cc(C(=O)O)cc(S(C)=O)n3)CC2)c(Cl)c1Cl. The molecular weight excluding hydrogens is 439 g/mol. The molecule has 1 saturated heterocycles. The number of anilines is 1. The Hall–Kier alpha value is -2.10. The average molecular weight is 459 g/mol. The summed E-state index contributed by atoms with van der Waals surface area (Å²) in [6.07, 6.45) is 2.74. The predicted molar refractivity (Wildman–Crippen MR) is 112 cm³/mol. The number of carboxylic acids is 1. The molecule has 0 spiro atoms. The third-order valence-corrected chi connectivity index (χ3v) is 6.51. The van der Waals surface area contributed by atoms with Gasteiger partial charge in [-0.25, -0.2) is 9.78 Å². The van der Waals surface area contributed by atoms with Crippen LogP contribution in [0.3, 0.4) is 0 Å². The lowest BCUT2D eigenvalue weighted by atomic mass is 10.0. The van der Waals surface area contributed by atoms with Gasteiger partial charge in [0.15, 0.2) is 0 Å². The molecular formula is C18H20Cl2N4O4S. The lowest BCUT2D eigenvalue weighted by Crippen LogP contribution is -2.45. The minimum atomic E-state index is -1.39. The van der Waals surface area contributed by atoms with E-state index in [1.165, 1.54) is 18.4 Å². The molecule has 1 atom stereocenters. The van der Waals surface area contributed by atoms with Crippen molar-refractivity contribution in [3.05, 3.63) is 39.1 Å². The number of aromatic amines is 1. The third-order valence-electron chi connectivity index (χ3n) is 4.76. The molecule has 3 heterocycles. The van der Waals surface area contributed by atoms with E-state index in [4.69, 9.17) is 23.2 Å². The molecule has 0 aliphatic carbocycles. The van der Waals surface area contributed by atoms with Crippen molar-refractivity contribution in [3.63, 3.8) is 0 Å². The molecule has 1 amide bonds. The number of rotatable bonds is 5. The highest BCUT2D eigenvalue weighted by atomic mass is 35.5. The van der Waals surface area contributed by atoms with Gasteiger partial charge < -0.3 is 20.3 Å². The second-order valence-corrected chi connectivity index (χ2v) is 8.88. The molecule has 1 aliphatic rings. The Morgan fingerprint density at radius 1 is 1.28 bits per heavy atom. The maximum Gasteiger partial charge on any atom is 0.335 e. The topological polar surface area (TPSA) is 115 Å². The molecule has 0 aromatic carbocycles. The molecule has 29 heavy (non-hydrogen) atoms. The number of aromatic carboxylic acids is 1. The number of nitrogens with zero attached hydrogens (tertiary/aromatic N) is 2. The number of amides is 1. The number of carbonyl (C=O) groups excluding carboxylic acids is 1. The van der Waals surface area contributed by atoms with Gasteiger partial charge in [-0.15, -0.1) is 0 Å². The van der Waals surface area contributed by atoms with Crippen LogP contribution in [0.15, 0.2) is 17.2 Å². The summed E-state index contributed by atoms with van der Waals surface area (Å²) in [6.45, 7) is 2.86. The molecule has 2 aromatic heterocycles. The summed E-state index contributed by atoms with van der Waals surface area (Å²) in [5.74, 6) is -0.952. The Morgan fingerprint density at radius 3 is 2.45 bits per heavy atom. The van der Waals surface area contributed by atoms with Crippen molar-refractivity contribution < 1.29 is 18.9 Å². The lowest BCUT2D eigenvalue weighted by molar-refractivity contribution is 0.0696. The van der Waals surface area contributed by atoms with Gasteiger partial charge >= 0.3 is 5.97 Å². The summed E-state index contributed by atoms with van der Waals surface area (Å²) in [6, 6.07) is 2.73. The van der Waals surface area contributed by atoms with E-state index in [2.05, 4.69) is 15.3 Å². The van der Waals surface area contributed by atoms with Gasteiger partial charge in [-0.05, 0) is 31.9 Å². The monoisotopic (exact) mass is 458 g/mol. The van der Waals surface area contributed by atoms with Gasteiger partial charge in [0, 0.05) is 31.1 Å². The van der Waals surface area contributed by atoms with E-state index in [0.717, 1.165) is 0 Å². The van der Waals surface area contributed by atoms with Crippen molar-refractivity contribution in [1.82, 2.24) is 15.3 Å². The summed E-state index contributed by atoms with van der Waals surface area (Å²) >= 11 is 12.1. The number of carboxylic acid groups (broad SMARTS) is 1. The number of hydrogen-bond donors (Lipinski definition) is 3. The Balaban J connectivity index is 1.67. The maximum atomic E-state index is 12.5. The van der Waals surface area contributed by atoms with Crippen LogP contribution in [-0.4, -0.2) is 56.5 Å². The normalized spacial score (nSPS) is 15.9. The van der Waals surface area contributed by atoms with Gasteiger partial charge in [-0.3, -0.25) is 9.00 Å². The van der Waals surface area contributed by atoms with Crippen LogP contribution in [0.1, 0.15) is 39.4 Å². The summed E-state index contributed by atoms with van der Waals surface area (Å²) in [4.78, 5) is 33.0. The van der Waals surface area contributed by atoms with Gasteiger partial charge in [0.2, 0.25) is 0 Å². The molecule has 1 unspecified atom stereocenters. The summed E-state index contributed by atoms with van der Waals surface area (Å²) in [5, 5.41) is 13.0. The number of aryl methyl sites for hydroxylation is 1. The fraction of sp³-hybridized carbons (Fsp3) is 0.389. The fourth-order valence-electron chi connectivity index (χ4n) is 3.16. The first-order valence-corrected chi connectivity index (χ1v) is 11.2. The smallest absolute Gasteiger partial charge is 0.335 e. The third kappa shape index (κ3) is 4.73. The minimum Gasteiger partial charge on any atom is -0.478 e. The zero-order valence-corrected chi connectivity index (χ0v) is 18.1. The van der Waals surface area contributed by atoms with Crippen LogP contribution < -0.4 is 10.2 Å². The van der Waals surface area contributed by atoms with Crippen molar-refractivity contribution in [2.45, 2.75) is 30.8 Å². The fourth-order valence-corrected chi connectivity index (χ4v) is 4.09. The zero-order chi connectivity index (χ0) is 21.3. The minimum absolute atomic E-state index is 0.0456. The number of piperidine rings is 1. The van der Waals surface area contributed by atoms with Crippen molar-refractivity contribution in [2.75, 3.05) is 24.2 Å². The Bertz CT molecular complexity index is 954. The van der Waals surface area contributed by atoms with Gasteiger partial charge in [0.25, 0.3) is 5.91 Å². The standard InChI is InChI=1S/C18H20Cl2N4O4S/c1-9-14(19)15(20)16(21-9)17(25)22-11-3-5-24(6-4-11)12-7-10(18(26)27)8-13(23-12)29(2)28/h7-8,11,21H,3-6H2,1-2H3,(H,22,25)(H,26,27). The van der Waals surface area contributed by atoms with Crippen LogP contribution in [-0.2, 0) is 10.8 Å². The first-order chi connectivity index (χ1) is 13.7. The van der Waals surface area contributed by atoms with E-state index in [1.807, 2.05) is 4.90 Å². The van der Waals surface area contributed by atoms with Crippen molar-refractivity contribution in [2.24, 2.45) is 0 Å². The lowest BCUT2D eigenvalue weighted by Gasteiger charge is -2.33. The number of H-pyrrole nitrogens is 1. The molecule has 11 heteroatoms. The first kappa shape index (κ1) is 21.6. The molecule has 0 saturated carbocycles. The number of nitrogens with one attached hydrogen (secondary N) is 2. The van der Waals surface area contributed by atoms with Crippen molar-refractivity contribution >= 4 is 51.7 Å². The second-order valence-electron chi connectivity index (χ2n) is 6.80. The molecule has 0 bridgehead atoms. The highest BCUT2D eigenvalue weighted by Gasteiger charge is 2.25. The number of carbonyl (C=O) groups is 2. The predicted octanol–water partition coefficient (Wildman–Crippen LogP) is 2.86. The molecule has 8 nitrogen and oxygen atoms in total. The van der Waals surface area contributed by atoms with Gasteiger partial charge in [0.1, 0.15) is 16.5 Å². The highest BCUT2D eigenvalue weighted by Crippen LogP contribution is 2.29. The highest BCUT2D eigenvalue weighted by molar-refractivity contribution is 7.84. The van der Waals surface area contributed by atoms with E-state index in [0.29, 0.717) is 42.5 Å². The largest absolute Gasteiger partial charge is 0.478 e. The van der Waals surface area contributed by atoms with E-state index in [9.17, 15) is 18.9 Å². The first-order valence-electron chi connectivity index (χ1n) is 8.85. The van der Waals surface area contributed by atoms with Crippen LogP contribution in [0.4, 0.5) is 5.82 Å². The summed E-state index contributed by atoms with van der Waals surface area (Å²) in [7, 11) is -1.39.